The van der Waals surface area contributed by atoms with Crippen molar-refractivity contribution < 1.29 is 21.6 Å². The van der Waals surface area contributed by atoms with Gasteiger partial charge in [-0.2, -0.15) is 0 Å². The Bertz CT molecular complexity index is 1170. The molecular weight excluding hydrogens is 386 g/mol. The summed E-state index contributed by atoms with van der Waals surface area (Å²) >= 11 is 0. The predicted molar refractivity (Wildman–Crippen MR) is 102 cm³/mol. The standard InChI is InChI=1S/C19H17NO5S2/c1-14(2)7-8-15-9-11-16(12-10-15)17(21)13-26(22,23)18-5-3-4-6-19(18)27(20,24)25/h3-6,9-12H,1,13H2,2H3,(H2,20,24,25). The van der Waals surface area contributed by atoms with E-state index in [-0.39, 0.29) is 5.56 Å². The number of hydrogen-bond donors (Lipinski definition) is 1. The van der Waals surface area contributed by atoms with Gasteiger partial charge in [0.15, 0.2) is 15.6 Å². The number of primary sulfonamides is 1. The van der Waals surface area contributed by atoms with Crippen LogP contribution in [0, 0.1) is 11.8 Å². The van der Waals surface area contributed by atoms with Gasteiger partial charge in [0, 0.05) is 11.1 Å². The highest BCUT2D eigenvalue weighted by Crippen LogP contribution is 2.21. The Balaban J connectivity index is 2.31. The molecule has 8 heteroatoms. The van der Waals surface area contributed by atoms with Crippen LogP contribution in [0.15, 0.2) is 70.5 Å². The SMILES string of the molecule is C=C(C)C#Cc1ccc(C(=O)CS(=O)(=O)c2ccccc2S(N)(=O)=O)cc1. The highest BCUT2D eigenvalue weighted by molar-refractivity contribution is 7.94. The highest BCUT2D eigenvalue weighted by atomic mass is 32.2. The Kier molecular flexibility index (Phi) is 6.01. The topological polar surface area (TPSA) is 111 Å². The van der Waals surface area contributed by atoms with Crippen LogP contribution in [0.5, 0.6) is 0 Å². The van der Waals surface area contributed by atoms with Crippen LogP contribution in [0.4, 0.5) is 0 Å². The lowest BCUT2D eigenvalue weighted by Crippen LogP contribution is -2.21. The van der Waals surface area contributed by atoms with Gasteiger partial charge >= 0.3 is 0 Å². The number of hydrogen-bond acceptors (Lipinski definition) is 5. The molecule has 2 N–H and O–H groups in total. The van der Waals surface area contributed by atoms with E-state index in [4.69, 9.17) is 5.14 Å². The molecular formula is C19H17NO5S2. The van der Waals surface area contributed by atoms with Gasteiger partial charge in [0.25, 0.3) is 0 Å². The van der Waals surface area contributed by atoms with E-state index in [9.17, 15) is 21.6 Å². The van der Waals surface area contributed by atoms with Gasteiger partial charge in [0.2, 0.25) is 10.0 Å². The van der Waals surface area contributed by atoms with Crippen molar-refractivity contribution >= 4 is 25.6 Å². The molecule has 27 heavy (non-hydrogen) atoms. The van der Waals surface area contributed by atoms with Gasteiger partial charge in [-0.3, -0.25) is 4.79 Å². The molecule has 2 aromatic rings. The molecule has 0 fully saturated rings. The fourth-order valence-electron chi connectivity index (χ4n) is 2.19. The van der Waals surface area contributed by atoms with Crippen molar-refractivity contribution in [1.82, 2.24) is 0 Å². The van der Waals surface area contributed by atoms with Crippen molar-refractivity contribution in [3.05, 3.63) is 71.8 Å². The van der Waals surface area contributed by atoms with E-state index in [1.807, 2.05) is 0 Å². The second kappa shape index (κ2) is 7.88. The van der Waals surface area contributed by atoms with Gasteiger partial charge in [-0.25, -0.2) is 22.0 Å². The van der Waals surface area contributed by atoms with Crippen molar-refractivity contribution in [3.8, 4) is 11.8 Å². The molecule has 0 radical (unpaired) electrons. The minimum Gasteiger partial charge on any atom is -0.293 e. The molecule has 6 nitrogen and oxygen atoms in total. The van der Waals surface area contributed by atoms with Crippen molar-refractivity contribution in [1.29, 1.82) is 0 Å². The molecule has 0 saturated carbocycles. The summed E-state index contributed by atoms with van der Waals surface area (Å²) in [6, 6.07) is 11.0. The van der Waals surface area contributed by atoms with Gasteiger partial charge in [0.05, 0.1) is 4.90 Å². The molecule has 0 spiro atoms. The fraction of sp³-hybridized carbons (Fsp3) is 0.105. The first-order valence-corrected chi connectivity index (χ1v) is 10.9. The summed E-state index contributed by atoms with van der Waals surface area (Å²) in [5.41, 5.74) is 1.51. The molecule has 0 amide bonds. The number of allylic oxidation sites excluding steroid dienone is 1. The summed E-state index contributed by atoms with van der Waals surface area (Å²) in [4.78, 5) is 11.3. The van der Waals surface area contributed by atoms with Crippen molar-refractivity contribution in [2.24, 2.45) is 5.14 Å². The summed E-state index contributed by atoms with van der Waals surface area (Å²) in [7, 11) is -8.45. The van der Waals surface area contributed by atoms with Crippen LogP contribution in [0.3, 0.4) is 0 Å². The molecule has 0 unspecified atom stereocenters. The monoisotopic (exact) mass is 403 g/mol. The molecule has 0 aliphatic heterocycles. The third kappa shape index (κ3) is 5.37. The quantitative estimate of drug-likeness (QED) is 0.606. The number of sulfonamides is 1. The van der Waals surface area contributed by atoms with Crippen LogP contribution < -0.4 is 5.14 Å². The first-order valence-electron chi connectivity index (χ1n) is 7.66. The molecule has 2 aromatic carbocycles. The van der Waals surface area contributed by atoms with E-state index in [1.165, 1.54) is 24.3 Å². The van der Waals surface area contributed by atoms with Crippen LogP contribution in [-0.2, 0) is 19.9 Å². The summed E-state index contributed by atoms with van der Waals surface area (Å²) in [6.45, 7) is 5.42. The largest absolute Gasteiger partial charge is 0.293 e. The van der Waals surface area contributed by atoms with Gasteiger partial charge in [0.1, 0.15) is 10.6 Å². The van der Waals surface area contributed by atoms with Crippen LogP contribution in [-0.4, -0.2) is 28.4 Å². The number of sulfone groups is 1. The van der Waals surface area contributed by atoms with Crippen molar-refractivity contribution in [2.45, 2.75) is 16.7 Å². The molecule has 0 aromatic heterocycles. The van der Waals surface area contributed by atoms with Crippen molar-refractivity contribution in [3.63, 3.8) is 0 Å². The Morgan fingerprint density at radius 2 is 1.56 bits per heavy atom. The minimum absolute atomic E-state index is 0.174. The molecule has 0 aliphatic rings. The Hall–Kier alpha value is -2.73. The van der Waals surface area contributed by atoms with E-state index in [0.717, 1.165) is 12.1 Å². The maximum Gasteiger partial charge on any atom is 0.239 e. The molecule has 0 heterocycles. The second-order valence-corrected chi connectivity index (χ2v) is 9.27. The van der Waals surface area contributed by atoms with E-state index in [2.05, 4.69) is 18.4 Å². The van der Waals surface area contributed by atoms with Crippen LogP contribution in [0.25, 0.3) is 0 Å². The molecule has 140 valence electrons. The van der Waals surface area contributed by atoms with Crippen molar-refractivity contribution in [2.75, 3.05) is 5.75 Å². The van der Waals surface area contributed by atoms with Gasteiger partial charge in [-0.1, -0.05) is 42.7 Å². The lowest BCUT2D eigenvalue weighted by molar-refractivity contribution is 0.102. The highest BCUT2D eigenvalue weighted by Gasteiger charge is 2.26. The van der Waals surface area contributed by atoms with Crippen LogP contribution in [0.2, 0.25) is 0 Å². The number of Topliss-reactive ketones (excluding diaryl/α,β-unsaturated/α-hetero) is 1. The molecule has 0 bridgehead atoms. The maximum atomic E-state index is 12.6. The van der Waals surface area contributed by atoms with Crippen LogP contribution >= 0.6 is 0 Å². The number of carbonyl (C=O) groups excluding carboxylic acids is 1. The smallest absolute Gasteiger partial charge is 0.239 e. The average molecular weight is 403 g/mol. The molecule has 0 saturated heterocycles. The fourth-order valence-corrected chi connectivity index (χ4v) is 4.87. The molecule has 2 rings (SSSR count). The van der Waals surface area contributed by atoms with Gasteiger partial charge in [-0.05, 0) is 36.8 Å². The predicted octanol–water partition coefficient (Wildman–Crippen LogP) is 1.92. The Labute approximate surface area is 158 Å². The van der Waals surface area contributed by atoms with E-state index < -0.39 is 41.2 Å². The van der Waals surface area contributed by atoms with Gasteiger partial charge in [-0.15, -0.1) is 0 Å². The summed E-state index contributed by atoms with van der Waals surface area (Å²) in [6.07, 6.45) is 0. The summed E-state index contributed by atoms with van der Waals surface area (Å²) in [5.74, 6) is 4.10. The molecule has 0 aliphatic carbocycles. The Morgan fingerprint density at radius 1 is 1.00 bits per heavy atom. The maximum absolute atomic E-state index is 12.6. The first-order chi connectivity index (χ1) is 12.5. The average Bonchev–Trinajstić information content (AvgIpc) is 2.59. The number of ketones is 1. The zero-order valence-electron chi connectivity index (χ0n) is 14.5. The van der Waals surface area contributed by atoms with E-state index >= 15 is 0 Å². The van der Waals surface area contributed by atoms with Gasteiger partial charge < -0.3 is 0 Å². The zero-order chi connectivity index (χ0) is 20.2. The number of benzene rings is 2. The summed E-state index contributed by atoms with van der Waals surface area (Å²) in [5, 5.41) is 5.07. The lowest BCUT2D eigenvalue weighted by Gasteiger charge is -2.08. The normalized spacial score (nSPS) is 11.3. The Morgan fingerprint density at radius 3 is 2.07 bits per heavy atom. The third-order valence-corrected chi connectivity index (χ3v) is 6.21. The minimum atomic E-state index is -4.25. The lowest BCUT2D eigenvalue weighted by atomic mass is 10.1. The van der Waals surface area contributed by atoms with E-state index in [1.54, 1.807) is 19.1 Å². The van der Waals surface area contributed by atoms with E-state index in [0.29, 0.717) is 11.1 Å². The number of nitrogens with two attached hydrogens (primary N) is 1. The third-order valence-electron chi connectivity index (χ3n) is 3.44. The second-order valence-electron chi connectivity index (χ2n) is 5.78. The van der Waals surface area contributed by atoms with Crippen LogP contribution in [0.1, 0.15) is 22.8 Å². The first kappa shape index (κ1) is 20.6. The number of rotatable bonds is 5. The number of carbonyl (C=O) groups is 1. The molecule has 0 atom stereocenters. The zero-order valence-corrected chi connectivity index (χ0v) is 16.1. The summed E-state index contributed by atoms with van der Waals surface area (Å²) < 4.78 is 48.3.